The first kappa shape index (κ1) is 14.7. The summed E-state index contributed by atoms with van der Waals surface area (Å²) in [4.78, 5) is 0. The second-order valence-electron chi connectivity index (χ2n) is 3.99. The average molecular weight is 266 g/mol. The van der Waals surface area contributed by atoms with Crippen molar-refractivity contribution in [2.75, 3.05) is 19.4 Å². The van der Waals surface area contributed by atoms with Crippen molar-refractivity contribution >= 4 is 10.8 Å². The Morgan fingerprint density at radius 3 is 2.89 bits per heavy atom. The molecule has 0 saturated heterocycles. The predicted molar refractivity (Wildman–Crippen MR) is 72.8 cm³/mol. The number of hydrogen-bond acceptors (Lipinski definition) is 4. The largest absolute Gasteiger partial charge is 0.478 e. The van der Waals surface area contributed by atoms with E-state index in [1.807, 2.05) is 37.3 Å². The van der Waals surface area contributed by atoms with E-state index < -0.39 is 10.8 Å². The van der Waals surface area contributed by atoms with Crippen LogP contribution in [0.3, 0.4) is 0 Å². The van der Waals surface area contributed by atoms with E-state index in [0.717, 1.165) is 11.3 Å². The molecule has 2 unspecified atom stereocenters. The quantitative estimate of drug-likeness (QED) is 0.811. The third-order valence-corrected chi connectivity index (χ3v) is 3.88. The molecule has 5 heteroatoms. The Morgan fingerprint density at radius 2 is 2.22 bits per heavy atom. The molecule has 1 aromatic carbocycles. The SMILES string of the molecule is CC(CNCc1ccccc1OCC#N)S(C)=O. The lowest BCUT2D eigenvalue weighted by Gasteiger charge is -2.12. The lowest BCUT2D eigenvalue weighted by molar-refractivity contribution is 0.362. The van der Waals surface area contributed by atoms with Crippen LogP contribution in [0.2, 0.25) is 0 Å². The van der Waals surface area contributed by atoms with Crippen LogP contribution in [0.5, 0.6) is 5.75 Å². The standard InChI is InChI=1S/C13H18N2O2S/c1-11(18(2)16)9-15-10-12-5-3-4-6-13(12)17-8-7-14/h3-6,11,15H,8-10H2,1-2H3. The van der Waals surface area contributed by atoms with Gasteiger partial charge in [0.1, 0.15) is 11.8 Å². The maximum atomic E-state index is 11.2. The highest BCUT2D eigenvalue weighted by Crippen LogP contribution is 2.17. The van der Waals surface area contributed by atoms with E-state index in [1.54, 1.807) is 6.26 Å². The molecule has 98 valence electrons. The molecule has 0 aliphatic heterocycles. The molecule has 18 heavy (non-hydrogen) atoms. The highest BCUT2D eigenvalue weighted by molar-refractivity contribution is 7.84. The first-order valence-corrected chi connectivity index (χ1v) is 7.38. The molecular formula is C13H18N2O2S. The number of nitrogens with one attached hydrogen (secondary N) is 1. The third kappa shape index (κ3) is 4.86. The highest BCUT2D eigenvalue weighted by atomic mass is 32.2. The van der Waals surface area contributed by atoms with Crippen LogP contribution in [0.25, 0.3) is 0 Å². The van der Waals surface area contributed by atoms with Gasteiger partial charge in [-0.05, 0) is 13.0 Å². The van der Waals surface area contributed by atoms with Gasteiger partial charge in [0.15, 0.2) is 6.61 Å². The van der Waals surface area contributed by atoms with Gasteiger partial charge in [-0.15, -0.1) is 0 Å². The van der Waals surface area contributed by atoms with E-state index in [4.69, 9.17) is 10.00 Å². The fourth-order valence-electron chi connectivity index (χ4n) is 1.43. The summed E-state index contributed by atoms with van der Waals surface area (Å²) in [6.45, 7) is 3.33. The van der Waals surface area contributed by atoms with Gasteiger partial charge in [0.2, 0.25) is 0 Å². The van der Waals surface area contributed by atoms with Crippen molar-refractivity contribution in [1.82, 2.24) is 5.32 Å². The van der Waals surface area contributed by atoms with Crippen molar-refractivity contribution in [2.24, 2.45) is 0 Å². The molecule has 0 spiro atoms. The first-order chi connectivity index (χ1) is 8.65. The molecule has 1 N–H and O–H groups in total. The molecule has 0 aliphatic carbocycles. The molecule has 0 saturated carbocycles. The summed E-state index contributed by atoms with van der Waals surface area (Å²) < 4.78 is 16.5. The van der Waals surface area contributed by atoms with Gasteiger partial charge in [0, 0.05) is 41.0 Å². The molecule has 0 aromatic heterocycles. The minimum absolute atomic E-state index is 0.0480. The topological polar surface area (TPSA) is 62.1 Å². The third-order valence-electron chi connectivity index (χ3n) is 2.58. The van der Waals surface area contributed by atoms with E-state index in [2.05, 4.69) is 5.32 Å². The van der Waals surface area contributed by atoms with Gasteiger partial charge in [-0.2, -0.15) is 5.26 Å². The molecule has 1 aromatic rings. The van der Waals surface area contributed by atoms with E-state index in [0.29, 0.717) is 13.1 Å². The molecule has 4 nitrogen and oxygen atoms in total. The van der Waals surface area contributed by atoms with Crippen LogP contribution in [-0.4, -0.2) is 28.9 Å². The monoisotopic (exact) mass is 266 g/mol. The van der Waals surface area contributed by atoms with Gasteiger partial charge in [0.25, 0.3) is 0 Å². The summed E-state index contributed by atoms with van der Waals surface area (Å²) in [5.41, 5.74) is 1.00. The van der Waals surface area contributed by atoms with E-state index in [1.165, 1.54) is 0 Å². The van der Waals surface area contributed by atoms with Gasteiger partial charge >= 0.3 is 0 Å². The molecule has 2 atom stereocenters. The zero-order valence-corrected chi connectivity index (χ0v) is 11.5. The van der Waals surface area contributed by atoms with Crippen LogP contribution in [-0.2, 0) is 17.3 Å². The summed E-state index contributed by atoms with van der Waals surface area (Å²) in [5, 5.41) is 11.9. The number of para-hydroxylation sites is 1. The highest BCUT2D eigenvalue weighted by Gasteiger charge is 2.07. The zero-order valence-electron chi connectivity index (χ0n) is 10.7. The maximum absolute atomic E-state index is 11.2. The summed E-state index contributed by atoms with van der Waals surface area (Å²) >= 11 is 0. The number of ether oxygens (including phenoxy) is 1. The van der Waals surface area contributed by atoms with Crippen LogP contribution < -0.4 is 10.1 Å². The summed E-state index contributed by atoms with van der Waals surface area (Å²) in [7, 11) is -0.815. The predicted octanol–water partition coefficient (Wildman–Crippen LogP) is 1.45. The smallest absolute Gasteiger partial charge is 0.174 e. The molecule has 0 bridgehead atoms. The van der Waals surface area contributed by atoms with Crippen LogP contribution >= 0.6 is 0 Å². The van der Waals surface area contributed by atoms with Crippen molar-refractivity contribution < 1.29 is 8.95 Å². The Hall–Kier alpha value is -1.38. The Morgan fingerprint density at radius 1 is 1.50 bits per heavy atom. The number of rotatable bonds is 7. The van der Waals surface area contributed by atoms with Gasteiger partial charge < -0.3 is 10.1 Å². The number of benzene rings is 1. The van der Waals surface area contributed by atoms with E-state index in [-0.39, 0.29) is 11.9 Å². The Kier molecular flexibility index (Phi) is 6.40. The minimum Gasteiger partial charge on any atom is -0.478 e. The Bertz CT molecular complexity index is 443. The van der Waals surface area contributed by atoms with Crippen molar-refractivity contribution in [3.8, 4) is 11.8 Å². The van der Waals surface area contributed by atoms with E-state index >= 15 is 0 Å². The molecule has 0 amide bonds. The lowest BCUT2D eigenvalue weighted by Crippen LogP contribution is -2.27. The number of hydrogen-bond donors (Lipinski definition) is 1. The second-order valence-corrected chi connectivity index (χ2v) is 5.80. The normalized spacial score (nSPS) is 13.6. The number of nitriles is 1. The van der Waals surface area contributed by atoms with Gasteiger partial charge in [-0.25, -0.2) is 0 Å². The average Bonchev–Trinajstić information content (AvgIpc) is 2.37. The van der Waals surface area contributed by atoms with Crippen LogP contribution in [0.15, 0.2) is 24.3 Å². The summed E-state index contributed by atoms with van der Waals surface area (Å²) in [6, 6.07) is 9.55. The summed E-state index contributed by atoms with van der Waals surface area (Å²) in [6.07, 6.45) is 1.70. The van der Waals surface area contributed by atoms with Crippen molar-refractivity contribution in [3.63, 3.8) is 0 Å². The van der Waals surface area contributed by atoms with Crippen molar-refractivity contribution in [2.45, 2.75) is 18.7 Å². The van der Waals surface area contributed by atoms with Gasteiger partial charge in [-0.3, -0.25) is 4.21 Å². The maximum Gasteiger partial charge on any atom is 0.174 e. The van der Waals surface area contributed by atoms with Crippen LogP contribution in [0.4, 0.5) is 0 Å². The molecule has 1 rings (SSSR count). The molecule has 0 fully saturated rings. The Balaban J connectivity index is 2.51. The summed E-state index contributed by atoms with van der Waals surface area (Å²) in [5.74, 6) is 0.719. The van der Waals surface area contributed by atoms with Gasteiger partial charge in [-0.1, -0.05) is 18.2 Å². The van der Waals surface area contributed by atoms with Crippen LogP contribution in [0.1, 0.15) is 12.5 Å². The molecule has 0 radical (unpaired) electrons. The molecule has 0 aliphatic rings. The minimum atomic E-state index is -0.815. The van der Waals surface area contributed by atoms with Crippen molar-refractivity contribution in [1.29, 1.82) is 5.26 Å². The molecular weight excluding hydrogens is 248 g/mol. The fourth-order valence-corrected chi connectivity index (χ4v) is 1.78. The molecule has 0 heterocycles. The second kappa shape index (κ2) is 7.85. The first-order valence-electron chi connectivity index (χ1n) is 5.75. The van der Waals surface area contributed by atoms with Crippen molar-refractivity contribution in [3.05, 3.63) is 29.8 Å². The van der Waals surface area contributed by atoms with E-state index in [9.17, 15) is 4.21 Å². The fraction of sp³-hybridized carbons (Fsp3) is 0.462. The Labute approximate surface area is 110 Å². The zero-order chi connectivity index (χ0) is 13.4. The van der Waals surface area contributed by atoms with Gasteiger partial charge in [0.05, 0.1) is 0 Å². The number of nitrogens with zero attached hydrogens (tertiary/aromatic N) is 1. The lowest BCUT2D eigenvalue weighted by atomic mass is 10.2. The van der Waals surface area contributed by atoms with Crippen LogP contribution in [0, 0.1) is 11.3 Å².